The number of furan rings is 1. The lowest BCUT2D eigenvalue weighted by molar-refractivity contribution is -0.384. The van der Waals surface area contributed by atoms with Crippen molar-refractivity contribution in [2.45, 2.75) is 18.8 Å². The first kappa shape index (κ1) is 18.6. The Morgan fingerprint density at radius 1 is 1.17 bits per heavy atom. The minimum atomic E-state index is -0.454. The van der Waals surface area contributed by atoms with Gasteiger partial charge in [0.1, 0.15) is 6.26 Å². The summed E-state index contributed by atoms with van der Waals surface area (Å²) in [5, 5.41) is 18.9. The Balaban J connectivity index is 1.32. The zero-order chi connectivity index (χ0) is 20.2. The van der Waals surface area contributed by atoms with E-state index >= 15 is 0 Å². The van der Waals surface area contributed by atoms with Gasteiger partial charge in [-0.1, -0.05) is 0 Å². The third-order valence-corrected chi connectivity index (χ3v) is 4.89. The Hall–Kier alpha value is -3.75. The van der Waals surface area contributed by atoms with Crippen molar-refractivity contribution in [2.75, 3.05) is 13.1 Å². The summed E-state index contributed by atoms with van der Waals surface area (Å²) < 4.78 is 10.8. The van der Waals surface area contributed by atoms with E-state index in [4.69, 9.17) is 8.83 Å². The van der Waals surface area contributed by atoms with Crippen molar-refractivity contribution in [1.82, 2.24) is 15.1 Å². The van der Waals surface area contributed by atoms with Crippen LogP contribution in [0.4, 0.5) is 5.69 Å². The molecule has 9 nitrogen and oxygen atoms in total. The van der Waals surface area contributed by atoms with Crippen LogP contribution in [0.3, 0.4) is 0 Å². The van der Waals surface area contributed by atoms with Crippen LogP contribution < -0.4 is 0 Å². The number of hydrogen-bond acceptors (Lipinski definition) is 7. The average Bonchev–Trinajstić information content (AvgIpc) is 3.44. The van der Waals surface area contributed by atoms with Gasteiger partial charge in [-0.15, -0.1) is 10.2 Å². The van der Waals surface area contributed by atoms with E-state index in [9.17, 15) is 14.9 Å². The molecule has 0 saturated carbocycles. The van der Waals surface area contributed by atoms with Gasteiger partial charge in [0.05, 0.1) is 16.7 Å². The molecule has 1 aliphatic heterocycles. The van der Waals surface area contributed by atoms with Crippen molar-refractivity contribution in [3.63, 3.8) is 0 Å². The SMILES string of the molecule is O=C(C=Cc1ccc([N+](=O)[O-])cc1)N1CCC(c2nnc(-c3ccoc3)o2)CC1. The summed E-state index contributed by atoms with van der Waals surface area (Å²) in [7, 11) is 0. The molecule has 1 saturated heterocycles. The number of piperidine rings is 1. The molecule has 0 N–H and O–H groups in total. The maximum Gasteiger partial charge on any atom is 0.269 e. The lowest BCUT2D eigenvalue weighted by Gasteiger charge is -2.29. The van der Waals surface area contributed by atoms with Crippen LogP contribution in [0.2, 0.25) is 0 Å². The number of carbonyl (C=O) groups excluding carboxylic acids is 1. The Bertz CT molecular complexity index is 1020. The first-order chi connectivity index (χ1) is 14.1. The number of nitro benzene ring substituents is 1. The van der Waals surface area contributed by atoms with E-state index < -0.39 is 4.92 Å². The molecule has 0 aliphatic carbocycles. The fourth-order valence-electron chi connectivity index (χ4n) is 3.23. The summed E-state index contributed by atoms with van der Waals surface area (Å²) in [6, 6.07) is 7.81. The average molecular weight is 394 g/mol. The minimum absolute atomic E-state index is 0.0208. The molecule has 0 unspecified atom stereocenters. The Kier molecular flexibility index (Phi) is 5.19. The molecule has 29 heavy (non-hydrogen) atoms. The monoisotopic (exact) mass is 394 g/mol. The third-order valence-electron chi connectivity index (χ3n) is 4.89. The van der Waals surface area contributed by atoms with Crippen LogP contribution in [0.1, 0.15) is 30.2 Å². The molecule has 0 atom stereocenters. The van der Waals surface area contributed by atoms with Gasteiger partial charge in [-0.25, -0.2) is 0 Å². The van der Waals surface area contributed by atoms with Gasteiger partial charge in [-0.3, -0.25) is 14.9 Å². The molecular formula is C20H18N4O5. The lowest BCUT2D eigenvalue weighted by atomic mass is 9.97. The van der Waals surface area contributed by atoms with Gasteiger partial charge >= 0.3 is 0 Å². The Morgan fingerprint density at radius 3 is 2.59 bits per heavy atom. The van der Waals surface area contributed by atoms with Crippen molar-refractivity contribution in [1.29, 1.82) is 0 Å². The normalized spacial score (nSPS) is 15.1. The summed E-state index contributed by atoms with van der Waals surface area (Å²) in [6.07, 6.45) is 7.73. The Labute approximate surface area is 165 Å². The van der Waals surface area contributed by atoms with Crippen LogP contribution in [-0.4, -0.2) is 39.0 Å². The molecule has 0 radical (unpaired) electrons. The second-order valence-electron chi connectivity index (χ2n) is 6.74. The third kappa shape index (κ3) is 4.23. The number of non-ortho nitro benzene ring substituents is 1. The van der Waals surface area contributed by atoms with Gasteiger partial charge in [-0.05, 0) is 42.7 Å². The number of carbonyl (C=O) groups is 1. The number of amides is 1. The van der Waals surface area contributed by atoms with E-state index in [1.165, 1.54) is 18.2 Å². The molecule has 3 aromatic rings. The number of hydrogen-bond donors (Lipinski definition) is 0. The molecular weight excluding hydrogens is 376 g/mol. The molecule has 0 spiro atoms. The first-order valence-corrected chi connectivity index (χ1v) is 9.17. The number of nitrogens with zero attached hydrogens (tertiary/aromatic N) is 4. The largest absolute Gasteiger partial charge is 0.472 e. The van der Waals surface area contributed by atoms with E-state index in [2.05, 4.69) is 10.2 Å². The Morgan fingerprint density at radius 2 is 1.93 bits per heavy atom. The maximum absolute atomic E-state index is 12.4. The predicted molar refractivity (Wildman–Crippen MR) is 103 cm³/mol. The van der Waals surface area contributed by atoms with E-state index in [0.717, 1.165) is 24.0 Å². The lowest BCUT2D eigenvalue weighted by Crippen LogP contribution is -2.36. The molecule has 1 aromatic carbocycles. The van der Waals surface area contributed by atoms with E-state index in [0.29, 0.717) is 24.9 Å². The topological polar surface area (TPSA) is 116 Å². The van der Waals surface area contributed by atoms with E-state index in [1.54, 1.807) is 41.7 Å². The zero-order valence-corrected chi connectivity index (χ0v) is 15.4. The molecule has 1 fully saturated rings. The highest BCUT2D eigenvalue weighted by atomic mass is 16.6. The molecule has 9 heteroatoms. The van der Waals surface area contributed by atoms with Crippen molar-refractivity contribution in [2.24, 2.45) is 0 Å². The predicted octanol–water partition coefficient (Wildman–Crippen LogP) is 3.66. The van der Waals surface area contributed by atoms with E-state index in [-0.39, 0.29) is 17.5 Å². The maximum atomic E-state index is 12.4. The number of aromatic nitrogens is 2. The summed E-state index contributed by atoms with van der Waals surface area (Å²) in [6.45, 7) is 1.19. The van der Waals surface area contributed by atoms with Gasteiger partial charge in [0.15, 0.2) is 0 Å². The van der Waals surface area contributed by atoms with Gasteiger partial charge in [-0.2, -0.15) is 0 Å². The first-order valence-electron chi connectivity index (χ1n) is 9.17. The van der Waals surface area contributed by atoms with Crippen molar-refractivity contribution in [3.05, 3.63) is 70.5 Å². The minimum Gasteiger partial charge on any atom is -0.472 e. The highest BCUT2D eigenvalue weighted by Crippen LogP contribution is 2.29. The van der Waals surface area contributed by atoms with E-state index in [1.807, 2.05) is 0 Å². The second-order valence-corrected chi connectivity index (χ2v) is 6.74. The molecule has 148 valence electrons. The number of rotatable bonds is 5. The van der Waals surface area contributed by atoms with Gasteiger partial charge in [0.25, 0.3) is 11.6 Å². The summed E-state index contributed by atoms with van der Waals surface area (Å²) in [5.74, 6) is 1.03. The van der Waals surface area contributed by atoms with Gasteiger partial charge in [0, 0.05) is 37.2 Å². The molecule has 1 aliphatic rings. The molecule has 1 amide bonds. The standard InChI is InChI=1S/C20H18N4O5/c25-18(6-3-14-1-4-17(5-2-14)24(26)27)23-10-7-15(8-11-23)19-21-22-20(29-19)16-9-12-28-13-16/h1-6,9,12-13,15H,7-8,10-11H2. The van der Waals surface area contributed by atoms with Crippen LogP contribution in [0.5, 0.6) is 0 Å². The highest BCUT2D eigenvalue weighted by Gasteiger charge is 2.26. The van der Waals surface area contributed by atoms with Crippen LogP contribution >= 0.6 is 0 Å². The quantitative estimate of drug-likeness (QED) is 0.368. The number of benzene rings is 1. The number of likely N-dealkylation sites (tertiary alicyclic amines) is 1. The molecule has 0 bridgehead atoms. The fourth-order valence-corrected chi connectivity index (χ4v) is 3.23. The van der Waals surface area contributed by atoms with Crippen LogP contribution in [-0.2, 0) is 4.79 Å². The fraction of sp³-hybridized carbons (Fsp3) is 0.250. The van der Waals surface area contributed by atoms with Crippen LogP contribution in [0.25, 0.3) is 17.5 Å². The summed E-state index contributed by atoms with van der Waals surface area (Å²) in [5.41, 5.74) is 1.50. The highest BCUT2D eigenvalue weighted by molar-refractivity contribution is 5.91. The zero-order valence-electron chi connectivity index (χ0n) is 15.4. The second kappa shape index (κ2) is 8.09. The molecule has 2 aromatic heterocycles. The smallest absolute Gasteiger partial charge is 0.269 e. The van der Waals surface area contributed by atoms with Crippen molar-refractivity contribution in [3.8, 4) is 11.5 Å². The summed E-state index contributed by atoms with van der Waals surface area (Å²) >= 11 is 0. The number of nitro groups is 1. The van der Waals surface area contributed by atoms with Gasteiger partial charge < -0.3 is 13.7 Å². The molecule has 4 rings (SSSR count). The van der Waals surface area contributed by atoms with Gasteiger partial charge in [0.2, 0.25) is 11.8 Å². The summed E-state index contributed by atoms with van der Waals surface area (Å²) in [4.78, 5) is 24.4. The van der Waals surface area contributed by atoms with Crippen LogP contribution in [0.15, 0.2) is 57.8 Å². The van der Waals surface area contributed by atoms with Crippen LogP contribution in [0, 0.1) is 10.1 Å². The van der Waals surface area contributed by atoms with Crippen molar-refractivity contribution < 1.29 is 18.6 Å². The molecule has 3 heterocycles. The van der Waals surface area contributed by atoms with Crippen molar-refractivity contribution >= 4 is 17.7 Å².